The molecule has 1 amide bonds. The number of nitrogens with zero attached hydrogens (tertiary/aromatic N) is 1. The molecule has 3 rings (SSSR count). The Bertz CT molecular complexity index is 1160. The lowest BCUT2D eigenvalue weighted by Crippen LogP contribution is -2.17. The van der Waals surface area contributed by atoms with Crippen molar-refractivity contribution in [2.24, 2.45) is 5.10 Å². The van der Waals surface area contributed by atoms with E-state index in [9.17, 15) is 4.79 Å². The Morgan fingerprint density at radius 1 is 1.00 bits per heavy atom. The highest BCUT2D eigenvalue weighted by atomic mass is 127. The van der Waals surface area contributed by atoms with Crippen LogP contribution in [0, 0.1) is 7.14 Å². The Balaban J connectivity index is 1.67. The van der Waals surface area contributed by atoms with Gasteiger partial charge in [0.1, 0.15) is 23.9 Å². The summed E-state index contributed by atoms with van der Waals surface area (Å²) in [5.74, 6) is 1.39. The summed E-state index contributed by atoms with van der Waals surface area (Å²) in [6, 6.07) is 14.0. The molecule has 0 aliphatic rings. The van der Waals surface area contributed by atoms with Gasteiger partial charge in [0.25, 0.3) is 5.91 Å². The van der Waals surface area contributed by atoms with Crippen molar-refractivity contribution >= 4 is 80.5 Å². The first-order valence-corrected chi connectivity index (χ1v) is 12.3. The van der Waals surface area contributed by atoms with Crippen LogP contribution in [0.1, 0.15) is 21.5 Å². The third-order valence-corrected chi connectivity index (χ3v) is 6.59. The number of benzene rings is 3. The van der Waals surface area contributed by atoms with E-state index in [0.29, 0.717) is 33.7 Å². The van der Waals surface area contributed by atoms with E-state index in [1.54, 1.807) is 36.5 Å². The molecule has 172 valence electrons. The van der Waals surface area contributed by atoms with E-state index in [-0.39, 0.29) is 5.91 Å². The first-order valence-electron chi connectivity index (χ1n) is 9.43. The van der Waals surface area contributed by atoms with Crippen LogP contribution >= 0.6 is 68.4 Å². The molecule has 0 bridgehead atoms. The fourth-order valence-corrected chi connectivity index (χ4v) is 5.34. The molecular formula is C23H18Cl2I2N2O4. The van der Waals surface area contributed by atoms with Crippen molar-refractivity contribution in [2.75, 3.05) is 14.2 Å². The lowest BCUT2D eigenvalue weighted by Gasteiger charge is -2.12. The Kier molecular flexibility index (Phi) is 9.47. The molecular weight excluding hydrogens is 693 g/mol. The Morgan fingerprint density at radius 3 is 2.21 bits per heavy atom. The summed E-state index contributed by atoms with van der Waals surface area (Å²) in [4.78, 5) is 12.4. The van der Waals surface area contributed by atoms with Gasteiger partial charge in [0.05, 0.1) is 27.6 Å². The summed E-state index contributed by atoms with van der Waals surface area (Å²) < 4.78 is 18.2. The number of nitrogens with one attached hydrogen (secondary N) is 1. The molecule has 0 fully saturated rings. The van der Waals surface area contributed by atoms with Gasteiger partial charge in [0.15, 0.2) is 0 Å². The van der Waals surface area contributed by atoms with Crippen LogP contribution in [-0.4, -0.2) is 26.3 Å². The Labute approximate surface area is 228 Å². The second-order valence-electron chi connectivity index (χ2n) is 6.64. The van der Waals surface area contributed by atoms with E-state index in [2.05, 4.69) is 55.7 Å². The topological polar surface area (TPSA) is 69.2 Å². The molecule has 6 nitrogen and oxygen atoms in total. The first-order chi connectivity index (χ1) is 15.8. The van der Waals surface area contributed by atoms with Crippen molar-refractivity contribution in [1.29, 1.82) is 0 Å². The fourth-order valence-electron chi connectivity index (χ4n) is 2.75. The standard InChI is InChI=1S/C23H18Cl2I2N2O4/c1-31-17-7-15(8-18(10-17)32-2)23(30)29-28-11-13-5-20(26)22(21(27)6-13)33-12-14-3-4-16(24)9-19(14)25/h3-11H,12H2,1-2H3,(H,29,30)/b28-11-. The number of hydrogen-bond donors (Lipinski definition) is 1. The number of carbonyl (C=O) groups is 1. The van der Waals surface area contributed by atoms with E-state index in [4.69, 9.17) is 37.4 Å². The minimum atomic E-state index is -0.382. The molecule has 1 N–H and O–H groups in total. The van der Waals surface area contributed by atoms with E-state index in [1.807, 2.05) is 18.2 Å². The lowest BCUT2D eigenvalue weighted by atomic mass is 10.2. The van der Waals surface area contributed by atoms with Gasteiger partial charge >= 0.3 is 0 Å². The average molecular weight is 711 g/mol. The molecule has 0 aliphatic carbocycles. The maximum atomic E-state index is 12.4. The number of hydrazone groups is 1. The Morgan fingerprint density at radius 2 is 1.64 bits per heavy atom. The van der Waals surface area contributed by atoms with Gasteiger partial charge in [-0.15, -0.1) is 0 Å². The smallest absolute Gasteiger partial charge is 0.271 e. The highest BCUT2D eigenvalue weighted by molar-refractivity contribution is 14.1. The normalized spacial score (nSPS) is 10.8. The van der Waals surface area contributed by atoms with Gasteiger partial charge in [0, 0.05) is 27.2 Å². The van der Waals surface area contributed by atoms with Crippen molar-refractivity contribution in [3.63, 3.8) is 0 Å². The van der Waals surface area contributed by atoms with E-state index < -0.39 is 0 Å². The van der Waals surface area contributed by atoms with Crippen molar-refractivity contribution in [3.05, 3.63) is 82.4 Å². The van der Waals surface area contributed by atoms with E-state index in [0.717, 1.165) is 24.0 Å². The molecule has 3 aromatic carbocycles. The third kappa shape index (κ3) is 7.11. The van der Waals surface area contributed by atoms with Gasteiger partial charge in [-0.2, -0.15) is 5.10 Å². The molecule has 0 radical (unpaired) electrons. The zero-order chi connectivity index (χ0) is 24.0. The number of rotatable bonds is 8. The van der Waals surface area contributed by atoms with Crippen LogP contribution in [0.5, 0.6) is 17.2 Å². The number of amides is 1. The average Bonchev–Trinajstić information content (AvgIpc) is 2.79. The zero-order valence-corrected chi connectivity index (χ0v) is 23.3. The number of carbonyl (C=O) groups excluding carboxylic acids is 1. The molecule has 0 unspecified atom stereocenters. The first kappa shape index (κ1) is 25.9. The summed E-state index contributed by atoms with van der Waals surface area (Å²) in [6.45, 7) is 0.315. The molecule has 0 saturated carbocycles. The number of halogens is 4. The van der Waals surface area contributed by atoms with Crippen LogP contribution in [0.3, 0.4) is 0 Å². The molecule has 0 heterocycles. The molecule has 3 aromatic rings. The highest BCUT2D eigenvalue weighted by Gasteiger charge is 2.11. The van der Waals surface area contributed by atoms with Gasteiger partial charge < -0.3 is 14.2 Å². The molecule has 0 spiro atoms. The van der Waals surface area contributed by atoms with Crippen LogP contribution in [0.2, 0.25) is 10.0 Å². The summed E-state index contributed by atoms with van der Waals surface area (Å²) in [5, 5.41) is 5.20. The lowest BCUT2D eigenvalue weighted by molar-refractivity contribution is 0.0954. The van der Waals surface area contributed by atoms with Crippen LogP contribution in [-0.2, 0) is 6.61 Å². The molecule has 0 aliphatic heterocycles. The maximum Gasteiger partial charge on any atom is 0.271 e. The highest BCUT2D eigenvalue weighted by Crippen LogP contribution is 2.30. The number of ether oxygens (including phenoxy) is 3. The minimum absolute atomic E-state index is 0.315. The quantitative estimate of drug-likeness (QED) is 0.163. The Hall–Kier alpha value is -1.76. The van der Waals surface area contributed by atoms with E-state index >= 15 is 0 Å². The SMILES string of the molecule is COc1cc(OC)cc(C(=O)N/N=C\c2cc(I)c(OCc3ccc(Cl)cc3Cl)c(I)c2)c1. The largest absolute Gasteiger partial charge is 0.497 e. The molecule has 33 heavy (non-hydrogen) atoms. The van der Waals surface area contributed by atoms with Crippen LogP contribution < -0.4 is 19.6 Å². The second kappa shape index (κ2) is 12.1. The number of hydrogen-bond acceptors (Lipinski definition) is 5. The molecule has 0 atom stereocenters. The summed E-state index contributed by atoms with van der Waals surface area (Å²) in [7, 11) is 3.05. The fraction of sp³-hybridized carbons (Fsp3) is 0.130. The zero-order valence-electron chi connectivity index (χ0n) is 17.5. The molecule has 0 saturated heterocycles. The van der Waals surface area contributed by atoms with Crippen LogP contribution in [0.4, 0.5) is 0 Å². The van der Waals surface area contributed by atoms with Crippen LogP contribution in [0.25, 0.3) is 0 Å². The minimum Gasteiger partial charge on any atom is -0.497 e. The predicted octanol–water partition coefficient (Wildman–Crippen LogP) is 6.56. The summed E-state index contributed by atoms with van der Waals surface area (Å²) in [5.41, 5.74) is 4.54. The van der Waals surface area contributed by atoms with Gasteiger partial charge in [-0.3, -0.25) is 4.79 Å². The van der Waals surface area contributed by atoms with Gasteiger partial charge in [-0.1, -0.05) is 29.3 Å². The van der Waals surface area contributed by atoms with Crippen molar-refractivity contribution < 1.29 is 19.0 Å². The van der Waals surface area contributed by atoms with Gasteiger partial charge in [-0.25, -0.2) is 5.43 Å². The summed E-state index contributed by atoms with van der Waals surface area (Å²) in [6.07, 6.45) is 1.57. The third-order valence-electron chi connectivity index (χ3n) is 4.40. The van der Waals surface area contributed by atoms with Crippen molar-refractivity contribution in [1.82, 2.24) is 5.43 Å². The van der Waals surface area contributed by atoms with Gasteiger partial charge in [0.2, 0.25) is 0 Å². The molecule has 10 heteroatoms. The van der Waals surface area contributed by atoms with Gasteiger partial charge in [-0.05, 0) is 87.1 Å². The van der Waals surface area contributed by atoms with Crippen LogP contribution in [0.15, 0.2) is 53.6 Å². The molecule has 0 aromatic heterocycles. The van der Waals surface area contributed by atoms with Crippen molar-refractivity contribution in [3.8, 4) is 17.2 Å². The van der Waals surface area contributed by atoms with Crippen molar-refractivity contribution in [2.45, 2.75) is 6.61 Å². The summed E-state index contributed by atoms with van der Waals surface area (Å²) >= 11 is 16.6. The van der Waals surface area contributed by atoms with E-state index in [1.165, 1.54) is 14.2 Å². The predicted molar refractivity (Wildman–Crippen MR) is 147 cm³/mol. The maximum absolute atomic E-state index is 12.4. The monoisotopic (exact) mass is 710 g/mol. The number of methoxy groups -OCH3 is 2. The second-order valence-corrected chi connectivity index (χ2v) is 9.81.